The molecule has 0 fully saturated rings. The number of carbonyl (C=O) groups excluding carboxylic acids is 1. The number of aliphatic hydroxyl groups is 2. The predicted octanol–water partition coefficient (Wildman–Crippen LogP) is 1.98. The first-order chi connectivity index (χ1) is 8.61. The lowest BCUT2D eigenvalue weighted by atomic mass is 10.0. The highest BCUT2D eigenvalue weighted by atomic mass is 16.3. The Kier molecular flexibility index (Phi) is 11.1. The Morgan fingerprint density at radius 2 is 1.67 bits per heavy atom. The summed E-state index contributed by atoms with van der Waals surface area (Å²) in [5.41, 5.74) is 0. The van der Waals surface area contributed by atoms with Gasteiger partial charge < -0.3 is 15.5 Å². The number of amides is 1. The summed E-state index contributed by atoms with van der Waals surface area (Å²) >= 11 is 0. The smallest absolute Gasteiger partial charge is 0.217 e. The summed E-state index contributed by atoms with van der Waals surface area (Å²) < 4.78 is 0. The first-order valence-electron chi connectivity index (χ1n) is 7.17. The number of aliphatic hydroxyl groups excluding tert-OH is 2. The van der Waals surface area contributed by atoms with Gasteiger partial charge in [0.05, 0.1) is 18.8 Å². The van der Waals surface area contributed by atoms with Crippen LogP contribution in [0.4, 0.5) is 0 Å². The third-order valence-corrected chi connectivity index (χ3v) is 3.15. The van der Waals surface area contributed by atoms with Crippen molar-refractivity contribution in [2.24, 2.45) is 0 Å². The number of carbonyl (C=O) groups is 1. The summed E-state index contributed by atoms with van der Waals surface area (Å²) in [4.78, 5) is 10.9. The van der Waals surface area contributed by atoms with Gasteiger partial charge in [-0.2, -0.15) is 0 Å². The Hall–Kier alpha value is -0.610. The fourth-order valence-electron chi connectivity index (χ4n) is 2.04. The average molecular weight is 259 g/mol. The molecule has 3 N–H and O–H groups in total. The summed E-state index contributed by atoms with van der Waals surface area (Å²) in [6, 6.07) is -0.525. The zero-order chi connectivity index (χ0) is 13.8. The molecule has 0 aromatic rings. The molecule has 1 amide bonds. The Morgan fingerprint density at radius 3 is 2.17 bits per heavy atom. The van der Waals surface area contributed by atoms with Gasteiger partial charge in [0.2, 0.25) is 5.91 Å². The first kappa shape index (κ1) is 17.4. The maximum atomic E-state index is 10.9. The summed E-state index contributed by atoms with van der Waals surface area (Å²) in [6.45, 7) is 3.38. The fraction of sp³-hybridized carbons (Fsp3) is 0.929. The number of nitrogens with one attached hydrogen (secondary N) is 1. The Bertz CT molecular complexity index is 209. The lowest BCUT2D eigenvalue weighted by Gasteiger charge is -2.21. The van der Waals surface area contributed by atoms with Crippen LogP contribution in [0.25, 0.3) is 0 Å². The van der Waals surface area contributed by atoms with Crippen molar-refractivity contribution in [2.75, 3.05) is 6.61 Å². The molecule has 4 heteroatoms. The minimum atomic E-state index is -0.644. The molecule has 18 heavy (non-hydrogen) atoms. The third-order valence-electron chi connectivity index (χ3n) is 3.15. The molecule has 0 aliphatic rings. The molecule has 0 saturated heterocycles. The maximum absolute atomic E-state index is 10.9. The molecule has 2 atom stereocenters. The van der Waals surface area contributed by atoms with Crippen molar-refractivity contribution in [1.29, 1.82) is 0 Å². The molecular weight excluding hydrogens is 230 g/mol. The molecule has 0 aromatic carbocycles. The highest BCUT2D eigenvalue weighted by molar-refractivity contribution is 5.73. The molecule has 0 aromatic heterocycles. The molecule has 0 bridgehead atoms. The van der Waals surface area contributed by atoms with Gasteiger partial charge >= 0.3 is 0 Å². The quantitative estimate of drug-likeness (QED) is 0.497. The Balaban J connectivity index is 3.55. The molecule has 0 aliphatic heterocycles. The van der Waals surface area contributed by atoms with E-state index in [1.807, 2.05) is 0 Å². The highest BCUT2D eigenvalue weighted by Crippen LogP contribution is 2.11. The lowest BCUT2D eigenvalue weighted by Crippen LogP contribution is -2.44. The SMILES string of the molecule is CCCCCCCCC[C@@H](O)[C@H](CO)NC(C)=O. The van der Waals surface area contributed by atoms with Crippen molar-refractivity contribution in [3.63, 3.8) is 0 Å². The van der Waals surface area contributed by atoms with E-state index < -0.39 is 12.1 Å². The molecule has 4 nitrogen and oxygen atoms in total. The van der Waals surface area contributed by atoms with Gasteiger partial charge in [-0.15, -0.1) is 0 Å². The van der Waals surface area contributed by atoms with Crippen LogP contribution in [0.5, 0.6) is 0 Å². The van der Waals surface area contributed by atoms with Gasteiger partial charge in [-0.1, -0.05) is 51.9 Å². The minimum Gasteiger partial charge on any atom is -0.394 e. The van der Waals surface area contributed by atoms with Gasteiger partial charge in [-0.3, -0.25) is 4.79 Å². The largest absolute Gasteiger partial charge is 0.394 e. The van der Waals surface area contributed by atoms with E-state index in [2.05, 4.69) is 12.2 Å². The van der Waals surface area contributed by atoms with Crippen LogP contribution in [0.15, 0.2) is 0 Å². The second-order valence-corrected chi connectivity index (χ2v) is 4.97. The van der Waals surface area contributed by atoms with Gasteiger partial charge in [0.15, 0.2) is 0 Å². The van der Waals surface area contributed by atoms with Crippen LogP contribution >= 0.6 is 0 Å². The minimum absolute atomic E-state index is 0.211. The monoisotopic (exact) mass is 259 g/mol. The topological polar surface area (TPSA) is 69.6 Å². The molecule has 0 unspecified atom stereocenters. The van der Waals surface area contributed by atoms with Gasteiger partial charge in [0.1, 0.15) is 0 Å². The van der Waals surface area contributed by atoms with E-state index in [9.17, 15) is 9.90 Å². The number of hydrogen-bond donors (Lipinski definition) is 3. The van der Waals surface area contributed by atoms with Crippen molar-refractivity contribution in [2.45, 2.75) is 77.4 Å². The van der Waals surface area contributed by atoms with Crippen LogP contribution in [-0.4, -0.2) is 34.9 Å². The van der Waals surface area contributed by atoms with Crippen LogP contribution in [0.3, 0.4) is 0 Å². The number of hydrogen-bond acceptors (Lipinski definition) is 3. The number of unbranched alkanes of at least 4 members (excludes halogenated alkanes) is 6. The van der Waals surface area contributed by atoms with Gasteiger partial charge in [0.25, 0.3) is 0 Å². The van der Waals surface area contributed by atoms with Crippen molar-refractivity contribution >= 4 is 5.91 Å². The zero-order valence-corrected chi connectivity index (χ0v) is 11.8. The molecular formula is C14H29NO3. The van der Waals surface area contributed by atoms with E-state index in [4.69, 9.17) is 5.11 Å². The van der Waals surface area contributed by atoms with Crippen molar-refractivity contribution in [3.05, 3.63) is 0 Å². The third kappa shape index (κ3) is 9.42. The zero-order valence-electron chi connectivity index (χ0n) is 11.8. The van der Waals surface area contributed by atoms with Crippen LogP contribution in [0, 0.1) is 0 Å². The Morgan fingerprint density at radius 1 is 1.11 bits per heavy atom. The van der Waals surface area contributed by atoms with Crippen molar-refractivity contribution < 1.29 is 15.0 Å². The summed E-state index contributed by atoms with van der Waals surface area (Å²) in [7, 11) is 0. The van der Waals surface area contributed by atoms with Gasteiger partial charge in [0, 0.05) is 6.92 Å². The predicted molar refractivity (Wildman–Crippen MR) is 73.3 cm³/mol. The summed E-state index contributed by atoms with van der Waals surface area (Å²) in [5, 5.41) is 21.5. The molecule has 0 aliphatic carbocycles. The van der Waals surface area contributed by atoms with Crippen molar-refractivity contribution in [1.82, 2.24) is 5.32 Å². The average Bonchev–Trinajstić information content (AvgIpc) is 2.34. The maximum Gasteiger partial charge on any atom is 0.217 e. The Labute approximate surface area is 111 Å². The molecule has 0 saturated carbocycles. The molecule has 0 heterocycles. The molecule has 108 valence electrons. The van der Waals surface area contributed by atoms with Crippen LogP contribution in [0.2, 0.25) is 0 Å². The van der Waals surface area contributed by atoms with Gasteiger partial charge in [-0.25, -0.2) is 0 Å². The van der Waals surface area contributed by atoms with E-state index in [1.165, 1.54) is 39.0 Å². The summed E-state index contributed by atoms with van der Waals surface area (Å²) in [5.74, 6) is -0.215. The van der Waals surface area contributed by atoms with E-state index >= 15 is 0 Å². The molecule has 0 radical (unpaired) electrons. The van der Waals surface area contributed by atoms with Gasteiger partial charge in [-0.05, 0) is 6.42 Å². The second-order valence-electron chi connectivity index (χ2n) is 4.97. The fourth-order valence-corrected chi connectivity index (χ4v) is 2.04. The van der Waals surface area contributed by atoms with E-state index in [1.54, 1.807) is 0 Å². The van der Waals surface area contributed by atoms with E-state index in [0.717, 1.165) is 12.8 Å². The van der Waals surface area contributed by atoms with Crippen LogP contribution < -0.4 is 5.32 Å². The highest BCUT2D eigenvalue weighted by Gasteiger charge is 2.18. The normalized spacial score (nSPS) is 14.2. The van der Waals surface area contributed by atoms with Crippen molar-refractivity contribution in [3.8, 4) is 0 Å². The first-order valence-corrected chi connectivity index (χ1v) is 7.17. The number of rotatable bonds is 11. The lowest BCUT2D eigenvalue weighted by molar-refractivity contribution is -0.121. The van der Waals surface area contributed by atoms with Crippen LogP contribution in [-0.2, 0) is 4.79 Å². The van der Waals surface area contributed by atoms with E-state index in [0.29, 0.717) is 6.42 Å². The standard InChI is InChI=1S/C14H29NO3/c1-3-4-5-6-7-8-9-10-14(18)13(11-16)15-12(2)17/h13-14,16,18H,3-11H2,1-2H3,(H,15,17)/t13-,14+/m0/s1. The molecule has 0 spiro atoms. The second kappa shape index (κ2) is 11.5. The van der Waals surface area contributed by atoms with Crippen LogP contribution in [0.1, 0.15) is 65.2 Å². The molecule has 0 rings (SSSR count). The van der Waals surface area contributed by atoms with E-state index in [-0.39, 0.29) is 12.5 Å². The summed E-state index contributed by atoms with van der Waals surface area (Å²) in [6.07, 6.45) is 8.38.